The highest BCUT2D eigenvalue weighted by Crippen LogP contribution is 2.23. The average molecular weight is 358 g/mol. The summed E-state index contributed by atoms with van der Waals surface area (Å²) in [5.74, 6) is -2.23. The van der Waals surface area contributed by atoms with Crippen LogP contribution in [0.5, 0.6) is 0 Å². The summed E-state index contributed by atoms with van der Waals surface area (Å²) < 4.78 is 18.5. The van der Waals surface area contributed by atoms with Crippen molar-refractivity contribution in [2.24, 2.45) is 0 Å². The maximum Gasteiger partial charge on any atom is 0.341 e. The lowest BCUT2D eigenvalue weighted by Gasteiger charge is -2.09. The molecule has 4 nitrogen and oxygen atoms in total. The summed E-state index contributed by atoms with van der Waals surface area (Å²) in [4.78, 5) is 23.9. The molecule has 0 bridgehead atoms. The molecule has 0 radical (unpaired) electrons. The minimum Gasteiger partial charge on any atom is -0.452 e. The zero-order valence-electron chi connectivity index (χ0n) is 13.0. The Balaban J connectivity index is 1.66. The number of carbonyl (C=O) groups excluding carboxylic acids is 2. The third-order valence-corrected chi connectivity index (χ3v) is 3.78. The van der Waals surface area contributed by atoms with Gasteiger partial charge in [-0.05, 0) is 29.7 Å². The number of rotatable bonds is 4. The Hall–Kier alpha value is -2.92. The van der Waals surface area contributed by atoms with Gasteiger partial charge in [-0.15, -0.1) is 0 Å². The number of hydrogen-bond acceptors (Lipinski definition) is 3. The van der Waals surface area contributed by atoms with Gasteiger partial charge in [0.25, 0.3) is 5.91 Å². The molecule has 0 heterocycles. The summed E-state index contributed by atoms with van der Waals surface area (Å²) in [5, 5.41) is 4.72. The van der Waals surface area contributed by atoms with Crippen LogP contribution in [0.2, 0.25) is 5.02 Å². The van der Waals surface area contributed by atoms with Crippen LogP contribution in [-0.4, -0.2) is 18.5 Å². The highest BCUT2D eigenvalue weighted by Gasteiger charge is 2.15. The third kappa shape index (κ3) is 3.95. The van der Waals surface area contributed by atoms with Gasteiger partial charge in [0.1, 0.15) is 5.82 Å². The molecule has 0 aliphatic carbocycles. The van der Waals surface area contributed by atoms with Gasteiger partial charge in [-0.1, -0.05) is 48.0 Å². The van der Waals surface area contributed by atoms with Crippen LogP contribution in [0, 0.1) is 5.82 Å². The fourth-order valence-electron chi connectivity index (χ4n) is 2.38. The molecule has 3 rings (SSSR count). The number of anilines is 1. The largest absolute Gasteiger partial charge is 0.452 e. The van der Waals surface area contributed by atoms with Crippen LogP contribution < -0.4 is 5.32 Å². The highest BCUT2D eigenvalue weighted by atomic mass is 35.5. The summed E-state index contributed by atoms with van der Waals surface area (Å²) in [6.07, 6.45) is 0. The Morgan fingerprint density at radius 2 is 1.80 bits per heavy atom. The number of halogens is 2. The monoisotopic (exact) mass is 357 g/mol. The van der Waals surface area contributed by atoms with E-state index in [4.69, 9.17) is 16.3 Å². The first-order valence-corrected chi connectivity index (χ1v) is 7.82. The van der Waals surface area contributed by atoms with E-state index in [1.807, 2.05) is 36.4 Å². The van der Waals surface area contributed by atoms with Crippen LogP contribution in [0.15, 0.2) is 60.7 Å². The van der Waals surface area contributed by atoms with E-state index in [1.54, 1.807) is 6.07 Å². The van der Waals surface area contributed by atoms with Crippen LogP contribution in [-0.2, 0) is 9.53 Å². The number of carbonyl (C=O) groups is 2. The molecule has 0 unspecified atom stereocenters. The minimum absolute atomic E-state index is 0.202. The lowest BCUT2D eigenvalue weighted by atomic mass is 10.1. The molecule has 0 atom stereocenters. The zero-order valence-corrected chi connectivity index (χ0v) is 13.7. The number of fused-ring (bicyclic) bond motifs is 1. The first-order chi connectivity index (χ1) is 12.0. The molecule has 0 aromatic heterocycles. The summed E-state index contributed by atoms with van der Waals surface area (Å²) >= 11 is 5.73. The van der Waals surface area contributed by atoms with E-state index in [1.165, 1.54) is 6.07 Å². The molecule has 6 heteroatoms. The highest BCUT2D eigenvalue weighted by molar-refractivity contribution is 6.30. The van der Waals surface area contributed by atoms with E-state index in [-0.39, 0.29) is 10.6 Å². The van der Waals surface area contributed by atoms with Crippen molar-refractivity contribution >= 4 is 39.9 Å². The second-order valence-electron chi connectivity index (χ2n) is 5.28. The van der Waals surface area contributed by atoms with Crippen molar-refractivity contribution in [1.29, 1.82) is 0 Å². The van der Waals surface area contributed by atoms with Crippen molar-refractivity contribution in [2.75, 3.05) is 11.9 Å². The summed E-state index contributed by atoms with van der Waals surface area (Å²) in [5.41, 5.74) is 0.290. The molecule has 0 spiro atoms. The molecule has 0 fully saturated rings. The first kappa shape index (κ1) is 16.9. The second kappa shape index (κ2) is 7.32. The Morgan fingerprint density at radius 3 is 2.64 bits per heavy atom. The maximum atomic E-state index is 13.6. The van der Waals surface area contributed by atoms with Crippen LogP contribution >= 0.6 is 11.6 Å². The van der Waals surface area contributed by atoms with Crippen molar-refractivity contribution in [3.05, 3.63) is 77.1 Å². The molecule has 0 saturated carbocycles. The Kier molecular flexibility index (Phi) is 4.95. The number of esters is 1. The maximum absolute atomic E-state index is 13.6. The lowest BCUT2D eigenvalue weighted by molar-refractivity contribution is -0.119. The van der Waals surface area contributed by atoms with Crippen LogP contribution in [0.4, 0.5) is 10.1 Å². The van der Waals surface area contributed by atoms with Crippen molar-refractivity contribution < 1.29 is 18.7 Å². The van der Waals surface area contributed by atoms with E-state index >= 15 is 0 Å². The molecule has 1 amide bonds. The number of hydrogen-bond donors (Lipinski definition) is 1. The molecule has 0 aliphatic rings. The van der Waals surface area contributed by atoms with Gasteiger partial charge in [-0.3, -0.25) is 4.79 Å². The van der Waals surface area contributed by atoms with Crippen molar-refractivity contribution in [3.8, 4) is 0 Å². The van der Waals surface area contributed by atoms with E-state index in [0.29, 0.717) is 5.69 Å². The van der Waals surface area contributed by atoms with Gasteiger partial charge in [-0.2, -0.15) is 0 Å². The smallest absolute Gasteiger partial charge is 0.341 e. The van der Waals surface area contributed by atoms with Gasteiger partial charge < -0.3 is 10.1 Å². The van der Waals surface area contributed by atoms with Crippen molar-refractivity contribution in [3.63, 3.8) is 0 Å². The second-order valence-corrected chi connectivity index (χ2v) is 5.71. The van der Waals surface area contributed by atoms with E-state index in [2.05, 4.69) is 5.32 Å². The molecule has 126 valence electrons. The minimum atomic E-state index is -0.951. The zero-order chi connectivity index (χ0) is 17.8. The van der Waals surface area contributed by atoms with Gasteiger partial charge >= 0.3 is 5.97 Å². The Morgan fingerprint density at radius 1 is 1.04 bits per heavy atom. The van der Waals surface area contributed by atoms with E-state index in [9.17, 15) is 14.0 Å². The fraction of sp³-hybridized carbons (Fsp3) is 0.0526. The summed E-state index contributed by atoms with van der Waals surface area (Å²) in [7, 11) is 0. The number of benzene rings is 3. The molecule has 1 N–H and O–H groups in total. The number of amides is 1. The topological polar surface area (TPSA) is 55.4 Å². The standard InChI is InChI=1S/C19H13ClFNO3/c20-13-8-9-16(21)15(10-13)19(24)25-11-18(23)22-17-7-3-5-12-4-1-2-6-14(12)17/h1-10H,11H2,(H,22,23). The molecule has 0 saturated heterocycles. The predicted octanol–water partition coefficient (Wildman–Crippen LogP) is 4.43. The first-order valence-electron chi connectivity index (χ1n) is 7.44. The number of nitrogens with one attached hydrogen (secondary N) is 1. The van der Waals surface area contributed by atoms with Crippen molar-refractivity contribution in [1.82, 2.24) is 0 Å². The fourth-order valence-corrected chi connectivity index (χ4v) is 2.56. The van der Waals surface area contributed by atoms with E-state index < -0.39 is 24.3 Å². The van der Waals surface area contributed by atoms with Crippen molar-refractivity contribution in [2.45, 2.75) is 0 Å². The lowest BCUT2D eigenvalue weighted by Crippen LogP contribution is -2.21. The molecular weight excluding hydrogens is 345 g/mol. The molecular formula is C19H13ClFNO3. The van der Waals surface area contributed by atoms with Crippen LogP contribution in [0.25, 0.3) is 10.8 Å². The molecule has 25 heavy (non-hydrogen) atoms. The van der Waals surface area contributed by atoms with E-state index in [0.717, 1.165) is 22.9 Å². The van der Waals surface area contributed by atoms with Gasteiger partial charge in [0.15, 0.2) is 6.61 Å². The van der Waals surface area contributed by atoms with Gasteiger partial charge in [0, 0.05) is 16.1 Å². The molecule has 0 aliphatic heterocycles. The SMILES string of the molecule is O=C(COC(=O)c1cc(Cl)ccc1F)Nc1cccc2ccccc12. The quantitative estimate of drug-likeness (QED) is 0.703. The Labute approximate surface area is 148 Å². The van der Waals surface area contributed by atoms with Crippen LogP contribution in [0.1, 0.15) is 10.4 Å². The third-order valence-electron chi connectivity index (χ3n) is 3.55. The van der Waals surface area contributed by atoms with Gasteiger partial charge in [-0.25, -0.2) is 9.18 Å². The van der Waals surface area contributed by atoms with Gasteiger partial charge in [0.2, 0.25) is 0 Å². The number of ether oxygens (including phenoxy) is 1. The molecule has 3 aromatic carbocycles. The van der Waals surface area contributed by atoms with Crippen LogP contribution in [0.3, 0.4) is 0 Å². The average Bonchev–Trinajstić information content (AvgIpc) is 2.62. The predicted molar refractivity (Wildman–Crippen MR) is 94.3 cm³/mol. The Bertz CT molecular complexity index is 953. The summed E-state index contributed by atoms with van der Waals surface area (Å²) in [6, 6.07) is 16.6. The normalized spacial score (nSPS) is 10.5. The molecule has 3 aromatic rings. The van der Waals surface area contributed by atoms with Gasteiger partial charge in [0.05, 0.1) is 5.56 Å². The summed E-state index contributed by atoms with van der Waals surface area (Å²) in [6.45, 7) is -0.534.